The molecule has 1 aliphatic carbocycles. The van der Waals surface area contributed by atoms with E-state index in [0.29, 0.717) is 24.1 Å². The van der Waals surface area contributed by atoms with E-state index < -0.39 is 10.9 Å². The van der Waals surface area contributed by atoms with Gasteiger partial charge in [0.1, 0.15) is 6.61 Å². The van der Waals surface area contributed by atoms with Crippen molar-refractivity contribution in [2.24, 2.45) is 11.3 Å². The van der Waals surface area contributed by atoms with E-state index in [0.717, 1.165) is 0 Å². The minimum atomic E-state index is -0.494. The van der Waals surface area contributed by atoms with Gasteiger partial charge in [0.05, 0.1) is 10.5 Å². The van der Waals surface area contributed by atoms with Crippen molar-refractivity contribution in [1.29, 1.82) is 0 Å². The number of nitrogens with one attached hydrogen (secondary N) is 1. The molecule has 0 spiro atoms. The molecular weight excluding hydrogens is 344 g/mol. The van der Waals surface area contributed by atoms with E-state index >= 15 is 0 Å². The normalized spacial score (nSPS) is 21.9. The molecule has 7 heteroatoms. The first-order chi connectivity index (χ1) is 11.3. The Kier molecular flexibility index (Phi) is 7.83. The fourth-order valence-corrected chi connectivity index (χ4v) is 3.61. The van der Waals surface area contributed by atoms with Crippen LogP contribution in [0.5, 0.6) is 0 Å². The summed E-state index contributed by atoms with van der Waals surface area (Å²) >= 11 is 0. The molecule has 2 rings (SSSR count). The summed E-state index contributed by atoms with van der Waals surface area (Å²) in [6.45, 7) is 7.72. The third-order valence-corrected chi connectivity index (χ3v) is 4.90. The van der Waals surface area contributed by atoms with Gasteiger partial charge in [-0.05, 0) is 36.3 Å². The second-order valence-corrected chi connectivity index (χ2v) is 7.23. The summed E-state index contributed by atoms with van der Waals surface area (Å²) in [5, 5.41) is 14.1. The first kappa shape index (κ1) is 21.4. The molecule has 0 saturated heterocycles. The van der Waals surface area contributed by atoms with Gasteiger partial charge in [-0.15, -0.1) is 12.4 Å². The van der Waals surface area contributed by atoms with Gasteiger partial charge >= 0.3 is 5.97 Å². The molecule has 1 saturated carbocycles. The van der Waals surface area contributed by atoms with Crippen LogP contribution in [-0.4, -0.2) is 30.1 Å². The van der Waals surface area contributed by atoms with E-state index in [1.807, 2.05) is 0 Å². The molecule has 1 aromatic carbocycles. The maximum Gasteiger partial charge on any atom is 0.338 e. The number of nitro groups is 1. The highest BCUT2D eigenvalue weighted by molar-refractivity contribution is 5.89. The molecule has 140 valence electrons. The Morgan fingerprint density at radius 3 is 2.56 bits per heavy atom. The number of rotatable bonds is 6. The summed E-state index contributed by atoms with van der Waals surface area (Å²) in [4.78, 5) is 22.1. The summed E-state index contributed by atoms with van der Waals surface area (Å²) in [5.74, 6) is 0.154. The van der Waals surface area contributed by atoms with Crippen LogP contribution in [0.4, 0.5) is 5.69 Å². The molecule has 1 aliphatic rings. The standard InChI is InChI=1S/C18H26N2O4.ClH/c1-13-5-4-10-18(2,3)16(13)19-11-12-24-17(21)14-6-8-15(9-7-14)20(22)23;/h6-9,13,16,19H,4-5,10-12H2,1-3H3;1H. The molecule has 0 aliphatic heterocycles. The summed E-state index contributed by atoms with van der Waals surface area (Å²) in [7, 11) is 0. The lowest BCUT2D eigenvalue weighted by Gasteiger charge is -2.43. The maximum atomic E-state index is 11.9. The maximum absolute atomic E-state index is 11.9. The lowest BCUT2D eigenvalue weighted by Crippen LogP contribution is -2.49. The van der Waals surface area contributed by atoms with Crippen molar-refractivity contribution < 1.29 is 14.5 Å². The van der Waals surface area contributed by atoms with Crippen molar-refractivity contribution in [3.05, 3.63) is 39.9 Å². The van der Waals surface area contributed by atoms with E-state index in [4.69, 9.17) is 4.74 Å². The number of benzene rings is 1. The van der Waals surface area contributed by atoms with Crippen LogP contribution in [0, 0.1) is 21.4 Å². The first-order valence-electron chi connectivity index (χ1n) is 8.46. The molecule has 0 heterocycles. The highest BCUT2D eigenvalue weighted by Crippen LogP contribution is 2.38. The lowest BCUT2D eigenvalue weighted by atomic mass is 9.68. The van der Waals surface area contributed by atoms with E-state index in [9.17, 15) is 14.9 Å². The van der Waals surface area contributed by atoms with Gasteiger partial charge in [-0.25, -0.2) is 4.79 Å². The SMILES string of the molecule is CC1CCCC(C)(C)C1NCCOC(=O)c1ccc([N+](=O)[O-])cc1.Cl. The zero-order valence-corrected chi connectivity index (χ0v) is 15.8. The zero-order chi connectivity index (χ0) is 17.7. The Morgan fingerprint density at radius 2 is 2.00 bits per heavy atom. The fourth-order valence-electron chi connectivity index (χ4n) is 3.61. The molecule has 1 aromatic rings. The van der Waals surface area contributed by atoms with Crippen molar-refractivity contribution in [2.45, 2.75) is 46.1 Å². The van der Waals surface area contributed by atoms with Gasteiger partial charge in [0, 0.05) is 24.7 Å². The van der Waals surface area contributed by atoms with Gasteiger partial charge < -0.3 is 10.1 Å². The molecule has 0 amide bonds. The Hall–Kier alpha value is -1.66. The van der Waals surface area contributed by atoms with Crippen LogP contribution < -0.4 is 5.32 Å². The largest absolute Gasteiger partial charge is 0.461 e. The lowest BCUT2D eigenvalue weighted by molar-refractivity contribution is -0.384. The van der Waals surface area contributed by atoms with E-state index in [-0.39, 0.29) is 30.1 Å². The van der Waals surface area contributed by atoms with Crippen molar-refractivity contribution in [1.82, 2.24) is 5.32 Å². The van der Waals surface area contributed by atoms with Gasteiger partial charge in [-0.1, -0.05) is 27.2 Å². The van der Waals surface area contributed by atoms with Gasteiger partial charge in [-0.2, -0.15) is 0 Å². The topological polar surface area (TPSA) is 81.5 Å². The van der Waals surface area contributed by atoms with E-state index in [1.165, 1.54) is 43.5 Å². The Balaban J connectivity index is 0.00000312. The van der Waals surface area contributed by atoms with Crippen LogP contribution in [0.25, 0.3) is 0 Å². The number of nitrogens with zero attached hydrogens (tertiary/aromatic N) is 1. The average Bonchev–Trinajstić information content (AvgIpc) is 2.53. The van der Waals surface area contributed by atoms with Crippen molar-refractivity contribution >= 4 is 24.1 Å². The number of non-ortho nitro benzene ring substituents is 1. The van der Waals surface area contributed by atoms with Gasteiger partial charge in [0.2, 0.25) is 0 Å². The van der Waals surface area contributed by atoms with Crippen LogP contribution in [0.2, 0.25) is 0 Å². The number of carbonyl (C=O) groups excluding carboxylic acids is 1. The smallest absolute Gasteiger partial charge is 0.338 e. The summed E-state index contributed by atoms with van der Waals surface area (Å²) in [5.41, 5.74) is 0.536. The quantitative estimate of drug-likeness (QED) is 0.354. The van der Waals surface area contributed by atoms with E-state index in [1.54, 1.807) is 0 Å². The minimum absolute atomic E-state index is 0. The van der Waals surface area contributed by atoms with Crippen molar-refractivity contribution in [2.75, 3.05) is 13.2 Å². The number of ether oxygens (including phenoxy) is 1. The second-order valence-electron chi connectivity index (χ2n) is 7.23. The number of nitro benzene ring substituents is 1. The molecule has 25 heavy (non-hydrogen) atoms. The van der Waals surface area contributed by atoms with Crippen LogP contribution >= 0.6 is 12.4 Å². The van der Waals surface area contributed by atoms with Crippen molar-refractivity contribution in [3.63, 3.8) is 0 Å². The number of hydrogen-bond acceptors (Lipinski definition) is 5. The average molecular weight is 371 g/mol. The van der Waals surface area contributed by atoms with Crippen LogP contribution in [0.1, 0.15) is 50.4 Å². The zero-order valence-electron chi connectivity index (χ0n) is 15.0. The molecule has 0 aromatic heterocycles. The second kappa shape index (κ2) is 9.15. The Morgan fingerprint density at radius 1 is 1.36 bits per heavy atom. The number of hydrogen-bond donors (Lipinski definition) is 1. The first-order valence-corrected chi connectivity index (χ1v) is 8.46. The third-order valence-electron chi connectivity index (χ3n) is 4.90. The Bertz CT molecular complexity index is 589. The van der Waals surface area contributed by atoms with E-state index in [2.05, 4.69) is 26.1 Å². The molecule has 6 nitrogen and oxygen atoms in total. The van der Waals surface area contributed by atoms with Crippen LogP contribution in [0.15, 0.2) is 24.3 Å². The molecular formula is C18H27ClN2O4. The Labute approximate surface area is 154 Å². The number of halogens is 1. The number of carbonyl (C=O) groups is 1. The fraction of sp³-hybridized carbons (Fsp3) is 0.611. The molecule has 1 N–H and O–H groups in total. The highest BCUT2D eigenvalue weighted by atomic mass is 35.5. The molecule has 1 fully saturated rings. The summed E-state index contributed by atoms with van der Waals surface area (Å²) in [6, 6.07) is 5.87. The molecule has 2 unspecified atom stereocenters. The monoisotopic (exact) mass is 370 g/mol. The van der Waals surface area contributed by atoms with Crippen LogP contribution in [-0.2, 0) is 4.74 Å². The van der Waals surface area contributed by atoms with Crippen LogP contribution in [0.3, 0.4) is 0 Å². The molecule has 2 atom stereocenters. The molecule has 0 radical (unpaired) electrons. The predicted octanol–water partition coefficient (Wildman–Crippen LogP) is 3.98. The van der Waals surface area contributed by atoms with Gasteiger partial charge in [-0.3, -0.25) is 10.1 Å². The third kappa shape index (κ3) is 5.68. The predicted molar refractivity (Wildman–Crippen MR) is 99.2 cm³/mol. The minimum Gasteiger partial charge on any atom is -0.461 e. The highest BCUT2D eigenvalue weighted by Gasteiger charge is 2.36. The van der Waals surface area contributed by atoms with Gasteiger partial charge in [0.25, 0.3) is 5.69 Å². The number of esters is 1. The van der Waals surface area contributed by atoms with Gasteiger partial charge in [0.15, 0.2) is 0 Å². The summed E-state index contributed by atoms with van der Waals surface area (Å²) < 4.78 is 5.25. The van der Waals surface area contributed by atoms with Crippen molar-refractivity contribution in [3.8, 4) is 0 Å². The molecule has 0 bridgehead atoms. The summed E-state index contributed by atoms with van der Waals surface area (Å²) in [6.07, 6.45) is 3.70.